The highest BCUT2D eigenvalue weighted by atomic mass is 16.5. The third-order valence-corrected chi connectivity index (χ3v) is 4.90. The van der Waals surface area contributed by atoms with Crippen molar-refractivity contribution >= 4 is 11.8 Å². The van der Waals surface area contributed by atoms with E-state index < -0.39 is 0 Å². The van der Waals surface area contributed by atoms with Gasteiger partial charge in [-0.25, -0.2) is 0 Å². The molecule has 27 heavy (non-hydrogen) atoms. The largest absolute Gasteiger partial charge is 0.497 e. The number of nitrogens with zero attached hydrogens (tertiary/aromatic N) is 1. The van der Waals surface area contributed by atoms with Gasteiger partial charge in [0.1, 0.15) is 5.75 Å². The summed E-state index contributed by atoms with van der Waals surface area (Å²) in [5.41, 5.74) is 1.02. The summed E-state index contributed by atoms with van der Waals surface area (Å²) in [6.07, 6.45) is 1.48. The maximum atomic E-state index is 12.8. The molecule has 1 N–H and O–H groups in total. The van der Waals surface area contributed by atoms with Crippen molar-refractivity contribution in [2.45, 2.75) is 19.8 Å². The van der Waals surface area contributed by atoms with Gasteiger partial charge < -0.3 is 19.4 Å². The number of amides is 2. The predicted octanol–water partition coefficient (Wildman–Crippen LogP) is 2.92. The maximum Gasteiger partial charge on any atom is 0.289 e. The molecule has 144 valence electrons. The summed E-state index contributed by atoms with van der Waals surface area (Å²) < 4.78 is 10.5. The van der Waals surface area contributed by atoms with Crippen LogP contribution in [0.1, 0.15) is 35.9 Å². The Bertz CT molecular complexity index is 768. The average Bonchev–Trinajstić information content (AvgIpc) is 3.35. The normalized spacial score (nSPS) is 19.3. The number of nitrogens with one attached hydrogen (secondary N) is 1. The summed E-state index contributed by atoms with van der Waals surface area (Å²) in [4.78, 5) is 27.2. The Hall–Kier alpha value is -2.76. The van der Waals surface area contributed by atoms with Crippen LogP contribution in [-0.4, -0.2) is 43.5 Å². The van der Waals surface area contributed by atoms with Gasteiger partial charge in [0.05, 0.1) is 19.3 Å². The van der Waals surface area contributed by atoms with Crippen LogP contribution < -0.4 is 10.1 Å². The van der Waals surface area contributed by atoms with Crippen LogP contribution in [0.3, 0.4) is 0 Å². The van der Waals surface area contributed by atoms with Crippen LogP contribution in [-0.2, 0) is 4.79 Å². The van der Waals surface area contributed by atoms with Gasteiger partial charge in [-0.3, -0.25) is 9.59 Å². The number of methoxy groups -OCH3 is 1. The van der Waals surface area contributed by atoms with E-state index in [1.807, 2.05) is 24.3 Å². The van der Waals surface area contributed by atoms with E-state index in [2.05, 4.69) is 19.2 Å². The minimum Gasteiger partial charge on any atom is -0.497 e. The molecule has 1 saturated heterocycles. The van der Waals surface area contributed by atoms with Crippen molar-refractivity contribution in [2.24, 2.45) is 11.8 Å². The van der Waals surface area contributed by atoms with Gasteiger partial charge in [-0.15, -0.1) is 0 Å². The molecule has 1 aliphatic heterocycles. The van der Waals surface area contributed by atoms with Gasteiger partial charge in [0, 0.05) is 25.6 Å². The molecule has 1 aromatic heterocycles. The molecule has 2 heterocycles. The number of carbonyl (C=O) groups is 2. The summed E-state index contributed by atoms with van der Waals surface area (Å²) in [5, 5.41) is 3.02. The topological polar surface area (TPSA) is 71.8 Å². The molecule has 3 rings (SSSR count). The molecule has 6 nitrogen and oxygen atoms in total. The Morgan fingerprint density at radius 2 is 1.96 bits per heavy atom. The predicted molar refractivity (Wildman–Crippen MR) is 102 cm³/mol. The van der Waals surface area contributed by atoms with Crippen molar-refractivity contribution in [3.05, 3.63) is 54.0 Å². The van der Waals surface area contributed by atoms with E-state index in [4.69, 9.17) is 9.15 Å². The van der Waals surface area contributed by atoms with E-state index in [0.717, 1.165) is 11.3 Å². The minimum atomic E-state index is -0.295. The zero-order valence-electron chi connectivity index (χ0n) is 16.0. The van der Waals surface area contributed by atoms with Crippen LogP contribution >= 0.6 is 0 Å². The van der Waals surface area contributed by atoms with Gasteiger partial charge in [0.25, 0.3) is 5.91 Å². The molecule has 1 aliphatic rings. The first-order valence-corrected chi connectivity index (χ1v) is 9.24. The Balaban J connectivity index is 1.81. The Morgan fingerprint density at radius 1 is 1.22 bits per heavy atom. The van der Waals surface area contributed by atoms with Crippen LogP contribution in [0.5, 0.6) is 5.75 Å². The Morgan fingerprint density at radius 3 is 2.56 bits per heavy atom. The summed E-state index contributed by atoms with van der Waals surface area (Å²) in [6, 6.07) is 11.0. The van der Waals surface area contributed by atoms with Crippen molar-refractivity contribution < 1.29 is 18.7 Å². The zero-order valence-corrected chi connectivity index (χ0v) is 16.0. The summed E-state index contributed by atoms with van der Waals surface area (Å²) in [6.45, 7) is 5.59. The fraction of sp³-hybridized carbons (Fsp3) is 0.429. The molecule has 0 unspecified atom stereocenters. The molecular formula is C21H26N2O4. The average molecular weight is 370 g/mol. The van der Waals surface area contributed by atoms with Gasteiger partial charge in [-0.2, -0.15) is 0 Å². The molecule has 0 spiro atoms. The summed E-state index contributed by atoms with van der Waals surface area (Å²) in [5.74, 6) is 0.874. The van der Waals surface area contributed by atoms with Gasteiger partial charge in [0.15, 0.2) is 5.76 Å². The third-order valence-electron chi connectivity index (χ3n) is 4.90. The van der Waals surface area contributed by atoms with Gasteiger partial charge in [-0.1, -0.05) is 26.0 Å². The van der Waals surface area contributed by atoms with Crippen LogP contribution in [0, 0.1) is 11.8 Å². The Kier molecular flexibility index (Phi) is 5.84. The van der Waals surface area contributed by atoms with E-state index in [0.29, 0.717) is 31.3 Å². The molecule has 1 fully saturated rings. The first-order chi connectivity index (χ1) is 13.0. The molecule has 0 radical (unpaired) electrons. The van der Waals surface area contributed by atoms with Crippen molar-refractivity contribution in [3.8, 4) is 5.75 Å². The van der Waals surface area contributed by atoms with E-state index in [1.165, 1.54) is 6.26 Å². The monoisotopic (exact) mass is 370 g/mol. The fourth-order valence-electron chi connectivity index (χ4n) is 3.42. The number of hydrogen-bond acceptors (Lipinski definition) is 4. The number of carbonyl (C=O) groups excluding carboxylic acids is 2. The number of rotatable bonds is 6. The molecule has 2 atom stereocenters. The van der Waals surface area contributed by atoms with E-state index >= 15 is 0 Å². The highest BCUT2D eigenvalue weighted by molar-refractivity contribution is 5.92. The maximum absolute atomic E-state index is 12.8. The quantitative estimate of drug-likeness (QED) is 0.849. The number of furan rings is 1. The van der Waals surface area contributed by atoms with Crippen molar-refractivity contribution in [2.75, 3.05) is 26.7 Å². The van der Waals surface area contributed by atoms with Crippen molar-refractivity contribution in [3.63, 3.8) is 0 Å². The lowest BCUT2D eigenvalue weighted by Gasteiger charge is -2.19. The number of hydrogen-bond donors (Lipinski definition) is 1. The first-order valence-electron chi connectivity index (χ1n) is 9.24. The third kappa shape index (κ3) is 4.32. The molecule has 2 amide bonds. The fourth-order valence-corrected chi connectivity index (χ4v) is 3.42. The van der Waals surface area contributed by atoms with Gasteiger partial charge in [-0.05, 0) is 35.7 Å². The van der Waals surface area contributed by atoms with Crippen molar-refractivity contribution in [1.29, 1.82) is 0 Å². The first kappa shape index (κ1) is 19.0. The SMILES string of the molecule is COc1ccc([C@H]2CN(C(=O)c3ccco3)C[C@@H]2C(=O)NCC(C)C)cc1. The molecule has 1 aromatic carbocycles. The van der Waals surface area contributed by atoms with Crippen LogP contribution in [0.15, 0.2) is 47.1 Å². The van der Waals surface area contributed by atoms with Crippen LogP contribution in [0.2, 0.25) is 0 Å². The van der Waals surface area contributed by atoms with Crippen molar-refractivity contribution in [1.82, 2.24) is 10.2 Å². The zero-order chi connectivity index (χ0) is 19.4. The highest BCUT2D eigenvalue weighted by Gasteiger charge is 2.41. The molecular weight excluding hydrogens is 344 g/mol. The Labute approximate surface area is 159 Å². The highest BCUT2D eigenvalue weighted by Crippen LogP contribution is 2.34. The molecule has 0 bridgehead atoms. The van der Waals surface area contributed by atoms with Crippen LogP contribution in [0.4, 0.5) is 0 Å². The van der Waals surface area contributed by atoms with Gasteiger partial charge in [0.2, 0.25) is 5.91 Å². The smallest absolute Gasteiger partial charge is 0.289 e. The molecule has 0 saturated carbocycles. The second kappa shape index (κ2) is 8.29. The summed E-state index contributed by atoms with van der Waals surface area (Å²) in [7, 11) is 1.62. The number of ether oxygens (including phenoxy) is 1. The molecule has 6 heteroatoms. The van der Waals surface area contributed by atoms with Gasteiger partial charge >= 0.3 is 0 Å². The lowest BCUT2D eigenvalue weighted by atomic mass is 9.88. The standard InChI is InChI=1S/C21H26N2O4/c1-14(2)11-22-20(24)18-13-23(21(25)19-5-4-10-27-19)12-17(18)15-6-8-16(26-3)9-7-15/h4-10,14,17-18H,11-13H2,1-3H3,(H,22,24)/t17-,18+/m1/s1. The number of likely N-dealkylation sites (tertiary alicyclic amines) is 1. The second-order valence-corrected chi connectivity index (χ2v) is 7.31. The molecule has 2 aromatic rings. The molecule has 0 aliphatic carbocycles. The van der Waals surface area contributed by atoms with E-state index in [9.17, 15) is 9.59 Å². The second-order valence-electron chi connectivity index (χ2n) is 7.31. The lowest BCUT2D eigenvalue weighted by molar-refractivity contribution is -0.125. The number of benzene rings is 1. The minimum absolute atomic E-state index is 0.0146. The van der Waals surface area contributed by atoms with Crippen LogP contribution in [0.25, 0.3) is 0 Å². The van der Waals surface area contributed by atoms with E-state index in [1.54, 1.807) is 24.1 Å². The van der Waals surface area contributed by atoms with E-state index in [-0.39, 0.29) is 23.7 Å². The summed E-state index contributed by atoms with van der Waals surface area (Å²) >= 11 is 0. The lowest BCUT2D eigenvalue weighted by Crippen LogP contribution is -2.37.